The molecule has 3 atom stereocenters. The van der Waals surface area contributed by atoms with E-state index in [1.165, 1.54) is 0 Å². The first-order chi connectivity index (χ1) is 8.75. The van der Waals surface area contributed by atoms with Crippen LogP contribution in [-0.4, -0.2) is 18.3 Å². The number of alkyl halides is 3. The zero-order valence-corrected chi connectivity index (χ0v) is 11.5. The standard InChI is InChI=1S/C13H17ClF3NO/c1-3-11(18)12(19-8(2)13(15,16)17)9-4-6-10(14)7-5-9/h4-8,11-12H,3,18H2,1-2H3. The van der Waals surface area contributed by atoms with Gasteiger partial charge in [0.25, 0.3) is 0 Å². The van der Waals surface area contributed by atoms with Crippen LogP contribution in [0.5, 0.6) is 0 Å². The molecule has 0 aliphatic heterocycles. The topological polar surface area (TPSA) is 35.2 Å². The number of rotatable bonds is 5. The maximum Gasteiger partial charge on any atom is 0.414 e. The highest BCUT2D eigenvalue weighted by Crippen LogP contribution is 2.30. The van der Waals surface area contributed by atoms with Crippen LogP contribution in [0.15, 0.2) is 24.3 Å². The summed E-state index contributed by atoms with van der Waals surface area (Å²) in [7, 11) is 0. The Kier molecular flexibility index (Phi) is 5.64. The lowest BCUT2D eigenvalue weighted by molar-refractivity contribution is -0.229. The zero-order chi connectivity index (χ0) is 14.6. The first kappa shape index (κ1) is 16.3. The fourth-order valence-corrected chi connectivity index (χ4v) is 1.72. The fraction of sp³-hybridized carbons (Fsp3) is 0.538. The summed E-state index contributed by atoms with van der Waals surface area (Å²) in [5.74, 6) is 0. The average Bonchev–Trinajstić information content (AvgIpc) is 2.35. The summed E-state index contributed by atoms with van der Waals surface area (Å²) in [6, 6.07) is 5.96. The minimum Gasteiger partial charge on any atom is -0.360 e. The number of benzene rings is 1. The highest BCUT2D eigenvalue weighted by Gasteiger charge is 2.39. The first-order valence-electron chi connectivity index (χ1n) is 5.99. The van der Waals surface area contributed by atoms with Crippen molar-refractivity contribution in [3.63, 3.8) is 0 Å². The van der Waals surface area contributed by atoms with Gasteiger partial charge in [-0.3, -0.25) is 0 Å². The van der Waals surface area contributed by atoms with Gasteiger partial charge in [-0.1, -0.05) is 30.7 Å². The zero-order valence-electron chi connectivity index (χ0n) is 10.7. The number of ether oxygens (including phenoxy) is 1. The summed E-state index contributed by atoms with van der Waals surface area (Å²) in [5, 5.41) is 0.511. The Balaban J connectivity index is 2.92. The molecular formula is C13H17ClF3NO. The van der Waals surface area contributed by atoms with Crippen molar-refractivity contribution in [2.75, 3.05) is 0 Å². The highest BCUT2D eigenvalue weighted by atomic mass is 35.5. The molecule has 0 spiro atoms. The molecule has 0 aromatic heterocycles. The lowest BCUT2D eigenvalue weighted by atomic mass is 10.0. The van der Waals surface area contributed by atoms with E-state index < -0.39 is 24.4 Å². The smallest absolute Gasteiger partial charge is 0.360 e. The SMILES string of the molecule is CCC(N)C(OC(C)C(F)(F)F)c1ccc(Cl)cc1. The van der Waals surface area contributed by atoms with Crippen molar-refractivity contribution >= 4 is 11.6 Å². The van der Waals surface area contributed by atoms with Crippen LogP contribution in [-0.2, 0) is 4.74 Å². The normalized spacial score (nSPS) is 17.0. The van der Waals surface area contributed by atoms with Crippen molar-refractivity contribution < 1.29 is 17.9 Å². The van der Waals surface area contributed by atoms with Crippen LogP contribution in [0.4, 0.5) is 13.2 Å². The minimum atomic E-state index is -4.40. The fourth-order valence-electron chi connectivity index (χ4n) is 1.59. The minimum absolute atomic E-state index is 0.508. The maximum atomic E-state index is 12.6. The molecule has 1 rings (SSSR count). The van der Waals surface area contributed by atoms with Crippen molar-refractivity contribution in [1.29, 1.82) is 0 Å². The number of nitrogens with two attached hydrogens (primary N) is 1. The molecule has 3 unspecified atom stereocenters. The Hall–Kier alpha value is -0.780. The molecule has 1 aromatic rings. The summed E-state index contributed by atoms with van der Waals surface area (Å²) < 4.78 is 42.8. The first-order valence-corrected chi connectivity index (χ1v) is 6.36. The van der Waals surface area contributed by atoms with Crippen molar-refractivity contribution in [3.05, 3.63) is 34.9 Å². The molecule has 108 valence electrons. The lowest BCUT2D eigenvalue weighted by Crippen LogP contribution is -2.37. The molecule has 0 amide bonds. The van der Waals surface area contributed by atoms with E-state index in [4.69, 9.17) is 22.1 Å². The van der Waals surface area contributed by atoms with Crippen LogP contribution in [0, 0.1) is 0 Å². The van der Waals surface area contributed by atoms with E-state index in [0.717, 1.165) is 6.92 Å². The summed E-state index contributed by atoms with van der Waals surface area (Å²) in [6.07, 6.45) is -6.57. The van der Waals surface area contributed by atoms with Crippen LogP contribution in [0.1, 0.15) is 31.9 Å². The predicted octanol–water partition coefficient (Wildman–Crippen LogP) is 4.09. The van der Waals surface area contributed by atoms with Crippen molar-refractivity contribution in [2.24, 2.45) is 5.73 Å². The van der Waals surface area contributed by atoms with Crippen LogP contribution < -0.4 is 5.73 Å². The van der Waals surface area contributed by atoms with E-state index in [1.807, 2.05) is 0 Å². The molecule has 2 nitrogen and oxygen atoms in total. The molecule has 0 fully saturated rings. The second-order valence-electron chi connectivity index (χ2n) is 4.36. The van der Waals surface area contributed by atoms with Crippen LogP contribution in [0.3, 0.4) is 0 Å². The van der Waals surface area contributed by atoms with Gasteiger partial charge in [-0.15, -0.1) is 0 Å². The molecule has 0 bridgehead atoms. The quantitative estimate of drug-likeness (QED) is 0.888. The largest absolute Gasteiger partial charge is 0.414 e. The molecule has 19 heavy (non-hydrogen) atoms. The molecule has 6 heteroatoms. The molecule has 0 saturated heterocycles. The van der Waals surface area contributed by atoms with Crippen molar-refractivity contribution in [3.8, 4) is 0 Å². The molecule has 0 aliphatic carbocycles. The van der Waals surface area contributed by atoms with E-state index in [9.17, 15) is 13.2 Å². The molecule has 0 aliphatic rings. The average molecular weight is 296 g/mol. The Morgan fingerprint density at radius 1 is 1.26 bits per heavy atom. The summed E-state index contributed by atoms with van der Waals surface area (Å²) >= 11 is 5.76. The molecule has 0 heterocycles. The second kappa shape index (κ2) is 6.59. The third-order valence-corrected chi connectivity index (χ3v) is 3.12. The molecule has 0 saturated carbocycles. The number of halogens is 4. The van der Waals surface area contributed by atoms with Gasteiger partial charge in [-0.2, -0.15) is 13.2 Å². The summed E-state index contributed by atoms with van der Waals surface area (Å²) in [5.41, 5.74) is 6.45. The molecule has 2 N–H and O–H groups in total. The van der Waals surface area contributed by atoms with E-state index in [0.29, 0.717) is 17.0 Å². The van der Waals surface area contributed by atoms with E-state index in [-0.39, 0.29) is 0 Å². The van der Waals surface area contributed by atoms with Gasteiger partial charge in [0.1, 0.15) is 0 Å². The third kappa shape index (κ3) is 4.67. The van der Waals surface area contributed by atoms with Crippen LogP contribution in [0.25, 0.3) is 0 Å². The van der Waals surface area contributed by atoms with Crippen LogP contribution >= 0.6 is 11.6 Å². The Labute approximate surface area is 115 Å². The Morgan fingerprint density at radius 2 is 1.79 bits per heavy atom. The van der Waals surface area contributed by atoms with Gasteiger partial charge < -0.3 is 10.5 Å². The second-order valence-corrected chi connectivity index (χ2v) is 4.80. The summed E-state index contributed by atoms with van der Waals surface area (Å²) in [4.78, 5) is 0. The van der Waals surface area contributed by atoms with Gasteiger partial charge in [-0.05, 0) is 31.0 Å². The maximum absolute atomic E-state index is 12.6. The third-order valence-electron chi connectivity index (χ3n) is 2.87. The van der Waals surface area contributed by atoms with Gasteiger partial charge in [0.05, 0.1) is 6.10 Å². The van der Waals surface area contributed by atoms with Gasteiger partial charge >= 0.3 is 6.18 Å². The van der Waals surface area contributed by atoms with Gasteiger partial charge in [-0.25, -0.2) is 0 Å². The van der Waals surface area contributed by atoms with Gasteiger partial charge in [0, 0.05) is 11.1 Å². The number of hydrogen-bond acceptors (Lipinski definition) is 2. The van der Waals surface area contributed by atoms with E-state index >= 15 is 0 Å². The lowest BCUT2D eigenvalue weighted by Gasteiger charge is -2.28. The van der Waals surface area contributed by atoms with Crippen molar-refractivity contribution in [1.82, 2.24) is 0 Å². The van der Waals surface area contributed by atoms with E-state index in [2.05, 4.69) is 0 Å². The molecular weight excluding hydrogens is 279 g/mol. The van der Waals surface area contributed by atoms with Gasteiger partial charge in [0.15, 0.2) is 6.10 Å². The predicted molar refractivity (Wildman–Crippen MR) is 69.1 cm³/mol. The Bertz CT molecular complexity index is 394. The van der Waals surface area contributed by atoms with Gasteiger partial charge in [0.2, 0.25) is 0 Å². The monoisotopic (exact) mass is 295 g/mol. The summed E-state index contributed by atoms with van der Waals surface area (Å²) in [6.45, 7) is 2.78. The van der Waals surface area contributed by atoms with Crippen LogP contribution in [0.2, 0.25) is 5.02 Å². The molecule has 0 radical (unpaired) electrons. The highest BCUT2D eigenvalue weighted by molar-refractivity contribution is 6.30. The van der Waals surface area contributed by atoms with E-state index in [1.54, 1.807) is 31.2 Å². The molecule has 1 aromatic carbocycles. The number of hydrogen-bond donors (Lipinski definition) is 1. The Morgan fingerprint density at radius 3 is 2.21 bits per heavy atom. The van der Waals surface area contributed by atoms with Crippen molar-refractivity contribution in [2.45, 2.75) is 44.7 Å².